The van der Waals surface area contributed by atoms with Crippen molar-refractivity contribution in [2.24, 2.45) is 0 Å². The second kappa shape index (κ2) is 3.97. The molecule has 0 aliphatic heterocycles. The number of fused-ring (bicyclic) bond motifs is 1. The summed E-state index contributed by atoms with van der Waals surface area (Å²) in [6, 6.07) is 13.4. The molecule has 1 heteroatoms. The van der Waals surface area contributed by atoms with Crippen LogP contribution in [0.3, 0.4) is 0 Å². The van der Waals surface area contributed by atoms with Crippen molar-refractivity contribution in [1.29, 1.82) is 0 Å². The Balaban J connectivity index is 2.79. The van der Waals surface area contributed by atoms with Crippen LogP contribution in [0.2, 0.25) is 6.82 Å². The molecule has 0 unspecified atom stereocenters. The molecule has 0 saturated carbocycles. The van der Waals surface area contributed by atoms with E-state index in [4.69, 9.17) is 0 Å². The summed E-state index contributed by atoms with van der Waals surface area (Å²) < 4.78 is 0. The van der Waals surface area contributed by atoms with Crippen LogP contribution >= 0.6 is 0 Å². The van der Waals surface area contributed by atoms with Crippen molar-refractivity contribution >= 4 is 23.5 Å². The number of benzene rings is 2. The first-order chi connectivity index (χ1) is 7.52. The van der Waals surface area contributed by atoms with Gasteiger partial charge in [-0.25, -0.2) is 0 Å². The van der Waals surface area contributed by atoms with E-state index in [9.17, 15) is 0 Å². The second-order valence-corrected chi connectivity index (χ2v) is 5.47. The van der Waals surface area contributed by atoms with E-state index in [1.54, 1.807) is 0 Å². The standard InChI is InChI=1S/C15H19B/c1-15(2,3)14-10-12(16-4)9-11-7-5-6-8-13(11)14/h5-10,16H,1-4H3. The Hall–Kier alpha value is -1.24. The molecule has 0 atom stereocenters. The highest BCUT2D eigenvalue weighted by Gasteiger charge is 2.17. The molecule has 0 nitrogen and oxygen atoms in total. The van der Waals surface area contributed by atoms with Crippen LogP contribution in [0.4, 0.5) is 0 Å². The molecule has 2 aromatic carbocycles. The quantitative estimate of drug-likeness (QED) is 0.634. The van der Waals surface area contributed by atoms with E-state index in [0.717, 1.165) is 7.28 Å². The Bertz CT molecular complexity index is 506. The first kappa shape index (κ1) is 11.3. The summed E-state index contributed by atoms with van der Waals surface area (Å²) in [4.78, 5) is 0. The molecule has 0 fully saturated rings. The summed E-state index contributed by atoms with van der Waals surface area (Å²) in [5, 5.41) is 2.76. The fourth-order valence-electron chi connectivity index (χ4n) is 2.20. The minimum absolute atomic E-state index is 0.213. The lowest BCUT2D eigenvalue weighted by Crippen LogP contribution is -2.18. The van der Waals surface area contributed by atoms with Gasteiger partial charge in [-0.2, -0.15) is 0 Å². The van der Waals surface area contributed by atoms with Gasteiger partial charge < -0.3 is 0 Å². The van der Waals surface area contributed by atoms with Crippen LogP contribution < -0.4 is 5.46 Å². The lowest BCUT2D eigenvalue weighted by atomic mass is 9.70. The molecule has 0 amide bonds. The third kappa shape index (κ3) is 1.99. The van der Waals surface area contributed by atoms with Crippen molar-refractivity contribution in [2.45, 2.75) is 33.0 Å². The third-order valence-electron chi connectivity index (χ3n) is 3.14. The molecule has 0 aliphatic rings. The van der Waals surface area contributed by atoms with Crippen LogP contribution in [0, 0.1) is 0 Å². The maximum Gasteiger partial charge on any atom is 0.154 e. The summed E-state index contributed by atoms with van der Waals surface area (Å²) in [5.74, 6) is 0. The molecule has 16 heavy (non-hydrogen) atoms. The van der Waals surface area contributed by atoms with E-state index in [0.29, 0.717) is 0 Å². The topological polar surface area (TPSA) is 0 Å². The summed E-state index contributed by atoms with van der Waals surface area (Å²) in [7, 11) is 1.11. The number of hydrogen-bond donors (Lipinski definition) is 0. The molecular weight excluding hydrogens is 191 g/mol. The lowest BCUT2D eigenvalue weighted by molar-refractivity contribution is 0.596. The lowest BCUT2D eigenvalue weighted by Gasteiger charge is -2.22. The Labute approximate surface area is 98.9 Å². The van der Waals surface area contributed by atoms with E-state index in [1.165, 1.54) is 21.8 Å². The van der Waals surface area contributed by atoms with Crippen molar-refractivity contribution in [2.75, 3.05) is 0 Å². The average molecular weight is 210 g/mol. The Morgan fingerprint density at radius 2 is 1.69 bits per heavy atom. The maximum absolute atomic E-state index is 2.36. The molecule has 0 bridgehead atoms. The molecule has 0 spiro atoms. The fourth-order valence-corrected chi connectivity index (χ4v) is 2.20. The second-order valence-electron chi connectivity index (χ2n) is 5.47. The van der Waals surface area contributed by atoms with Crippen LogP contribution in [0.1, 0.15) is 26.3 Å². The van der Waals surface area contributed by atoms with Crippen LogP contribution in [0.5, 0.6) is 0 Å². The summed E-state index contributed by atoms with van der Waals surface area (Å²) in [6.45, 7) is 9.08. The van der Waals surface area contributed by atoms with Crippen LogP contribution in [-0.4, -0.2) is 7.28 Å². The summed E-state index contributed by atoms with van der Waals surface area (Å²) >= 11 is 0. The van der Waals surface area contributed by atoms with Gasteiger partial charge in [-0.1, -0.05) is 69.5 Å². The molecule has 0 radical (unpaired) electrons. The minimum Gasteiger partial charge on any atom is -0.0849 e. The zero-order valence-corrected chi connectivity index (χ0v) is 10.7. The Morgan fingerprint density at radius 3 is 2.31 bits per heavy atom. The SMILES string of the molecule is CBc1cc(C(C)(C)C)c2ccccc2c1. The average Bonchev–Trinajstić information content (AvgIpc) is 2.26. The first-order valence-corrected chi connectivity index (χ1v) is 6.04. The van der Waals surface area contributed by atoms with Crippen LogP contribution in [0.25, 0.3) is 10.8 Å². The first-order valence-electron chi connectivity index (χ1n) is 6.04. The predicted molar refractivity (Wildman–Crippen MR) is 75.3 cm³/mol. The van der Waals surface area contributed by atoms with Gasteiger partial charge in [0, 0.05) is 0 Å². The summed E-state index contributed by atoms with van der Waals surface area (Å²) in [5.41, 5.74) is 3.11. The van der Waals surface area contributed by atoms with Gasteiger partial charge in [0.1, 0.15) is 0 Å². The Kier molecular flexibility index (Phi) is 2.79. The van der Waals surface area contributed by atoms with Gasteiger partial charge in [0.05, 0.1) is 0 Å². The highest BCUT2D eigenvalue weighted by Crippen LogP contribution is 2.28. The molecule has 0 saturated heterocycles. The molecular formula is C15H19B. The molecule has 0 heterocycles. The monoisotopic (exact) mass is 210 g/mol. The van der Waals surface area contributed by atoms with Gasteiger partial charge in [0.25, 0.3) is 0 Å². The van der Waals surface area contributed by atoms with E-state index in [2.05, 4.69) is 64.0 Å². The van der Waals surface area contributed by atoms with E-state index >= 15 is 0 Å². The van der Waals surface area contributed by atoms with Crippen molar-refractivity contribution in [3.8, 4) is 0 Å². The highest BCUT2D eigenvalue weighted by atomic mass is 14.2. The van der Waals surface area contributed by atoms with Crippen molar-refractivity contribution < 1.29 is 0 Å². The third-order valence-corrected chi connectivity index (χ3v) is 3.14. The van der Waals surface area contributed by atoms with Gasteiger partial charge in [0.2, 0.25) is 0 Å². The maximum atomic E-state index is 2.36. The van der Waals surface area contributed by atoms with Gasteiger partial charge >= 0.3 is 0 Å². The van der Waals surface area contributed by atoms with E-state index < -0.39 is 0 Å². The van der Waals surface area contributed by atoms with Crippen molar-refractivity contribution in [3.63, 3.8) is 0 Å². The molecule has 0 N–H and O–H groups in total. The van der Waals surface area contributed by atoms with E-state index in [-0.39, 0.29) is 5.41 Å². The fraction of sp³-hybridized carbons (Fsp3) is 0.333. The highest BCUT2D eigenvalue weighted by molar-refractivity contribution is 6.52. The molecule has 82 valence electrons. The van der Waals surface area contributed by atoms with E-state index in [1.807, 2.05) is 0 Å². The van der Waals surface area contributed by atoms with Crippen LogP contribution in [0.15, 0.2) is 36.4 Å². The van der Waals surface area contributed by atoms with Gasteiger partial charge in [0.15, 0.2) is 7.28 Å². The zero-order valence-electron chi connectivity index (χ0n) is 10.7. The largest absolute Gasteiger partial charge is 0.154 e. The zero-order chi connectivity index (χ0) is 11.8. The molecule has 2 aromatic rings. The van der Waals surface area contributed by atoms with Gasteiger partial charge in [-0.3, -0.25) is 0 Å². The molecule has 0 aliphatic carbocycles. The van der Waals surface area contributed by atoms with Crippen molar-refractivity contribution in [3.05, 3.63) is 42.0 Å². The molecule has 2 rings (SSSR count). The van der Waals surface area contributed by atoms with Crippen molar-refractivity contribution in [1.82, 2.24) is 0 Å². The predicted octanol–water partition coefficient (Wildman–Crippen LogP) is 3.25. The normalized spacial score (nSPS) is 11.8. The van der Waals surface area contributed by atoms with Gasteiger partial charge in [-0.15, -0.1) is 0 Å². The molecule has 0 aromatic heterocycles. The number of hydrogen-bond acceptors (Lipinski definition) is 0. The van der Waals surface area contributed by atoms with Crippen LogP contribution in [-0.2, 0) is 5.41 Å². The Morgan fingerprint density at radius 1 is 1.00 bits per heavy atom. The smallest absolute Gasteiger partial charge is 0.0849 e. The number of rotatable bonds is 1. The summed E-state index contributed by atoms with van der Waals surface area (Å²) in [6.07, 6.45) is 0. The minimum atomic E-state index is 0.213. The van der Waals surface area contributed by atoms with Gasteiger partial charge in [-0.05, 0) is 21.8 Å².